The van der Waals surface area contributed by atoms with Crippen LogP contribution >= 0.6 is 23.4 Å². The fourth-order valence-electron chi connectivity index (χ4n) is 1.27. The van der Waals surface area contributed by atoms with Gasteiger partial charge in [-0.1, -0.05) is 29.4 Å². The molecule has 0 aliphatic carbocycles. The van der Waals surface area contributed by atoms with Crippen LogP contribution in [0, 0.1) is 6.92 Å². The van der Waals surface area contributed by atoms with Crippen molar-refractivity contribution in [3.63, 3.8) is 0 Å². The van der Waals surface area contributed by atoms with E-state index in [0.29, 0.717) is 5.69 Å². The molecule has 1 aromatic heterocycles. The number of hydrogen-bond acceptors (Lipinski definition) is 3. The Bertz CT molecular complexity index is 514. The molecule has 1 heterocycles. The Hall–Kier alpha value is -1.19. The second-order valence-corrected chi connectivity index (χ2v) is 4.91. The van der Waals surface area contributed by atoms with Crippen molar-refractivity contribution in [2.75, 3.05) is 5.73 Å². The lowest BCUT2D eigenvalue weighted by Crippen LogP contribution is -1.93. The van der Waals surface area contributed by atoms with Crippen molar-refractivity contribution in [1.82, 2.24) is 4.98 Å². The van der Waals surface area contributed by atoms with Crippen molar-refractivity contribution in [2.24, 2.45) is 0 Å². The number of pyridine rings is 1. The fraction of sp³-hybridized carbons (Fsp3) is 0.0833. The van der Waals surface area contributed by atoms with Gasteiger partial charge in [0, 0.05) is 15.6 Å². The van der Waals surface area contributed by atoms with Crippen LogP contribution in [0.3, 0.4) is 0 Å². The van der Waals surface area contributed by atoms with Gasteiger partial charge in [0.25, 0.3) is 0 Å². The molecule has 2 N–H and O–H groups in total. The predicted octanol–water partition coefficient (Wildman–Crippen LogP) is 3.78. The molecule has 16 heavy (non-hydrogen) atoms. The number of aryl methyl sites for hydroxylation is 1. The summed E-state index contributed by atoms with van der Waals surface area (Å²) in [5.74, 6) is 0. The van der Waals surface area contributed by atoms with Gasteiger partial charge >= 0.3 is 0 Å². The van der Waals surface area contributed by atoms with Gasteiger partial charge in [0.1, 0.15) is 5.03 Å². The summed E-state index contributed by atoms with van der Waals surface area (Å²) in [6.45, 7) is 1.95. The van der Waals surface area contributed by atoms with E-state index in [2.05, 4.69) is 4.98 Å². The lowest BCUT2D eigenvalue weighted by atomic mass is 10.3. The highest BCUT2D eigenvalue weighted by Crippen LogP contribution is 2.31. The number of halogens is 1. The van der Waals surface area contributed by atoms with E-state index >= 15 is 0 Å². The Morgan fingerprint density at radius 2 is 2.06 bits per heavy atom. The van der Waals surface area contributed by atoms with Gasteiger partial charge in [-0.2, -0.15) is 0 Å². The summed E-state index contributed by atoms with van der Waals surface area (Å²) in [5.41, 5.74) is 7.51. The van der Waals surface area contributed by atoms with Crippen LogP contribution in [-0.4, -0.2) is 4.98 Å². The van der Waals surface area contributed by atoms with E-state index in [-0.39, 0.29) is 0 Å². The minimum Gasteiger partial charge on any atom is -0.397 e. The van der Waals surface area contributed by atoms with E-state index in [4.69, 9.17) is 17.3 Å². The number of benzene rings is 1. The molecule has 0 atom stereocenters. The maximum Gasteiger partial charge on any atom is 0.124 e. The van der Waals surface area contributed by atoms with Crippen LogP contribution in [0.2, 0.25) is 5.02 Å². The van der Waals surface area contributed by atoms with Crippen LogP contribution in [0.25, 0.3) is 0 Å². The molecule has 0 bridgehead atoms. The summed E-state index contributed by atoms with van der Waals surface area (Å²) in [7, 11) is 0. The van der Waals surface area contributed by atoms with E-state index in [1.807, 2.05) is 43.3 Å². The monoisotopic (exact) mass is 250 g/mol. The lowest BCUT2D eigenvalue weighted by molar-refractivity contribution is 1.07. The number of rotatable bonds is 2. The molecule has 82 valence electrons. The first-order valence-corrected chi connectivity index (χ1v) is 6.01. The number of nitrogens with zero attached hydrogens (tertiary/aromatic N) is 1. The first-order valence-electron chi connectivity index (χ1n) is 4.82. The van der Waals surface area contributed by atoms with Gasteiger partial charge in [-0.25, -0.2) is 4.98 Å². The summed E-state index contributed by atoms with van der Waals surface area (Å²) >= 11 is 7.44. The number of anilines is 1. The third-order valence-corrected chi connectivity index (χ3v) is 3.28. The molecular formula is C12H11ClN2S. The Kier molecular flexibility index (Phi) is 3.36. The molecule has 0 radical (unpaired) electrons. The number of hydrogen-bond donors (Lipinski definition) is 1. The zero-order valence-electron chi connectivity index (χ0n) is 8.77. The number of aromatic nitrogens is 1. The zero-order chi connectivity index (χ0) is 11.5. The average Bonchev–Trinajstić information content (AvgIpc) is 2.24. The molecule has 2 aromatic rings. The van der Waals surface area contributed by atoms with Crippen LogP contribution < -0.4 is 5.73 Å². The number of nitrogens with two attached hydrogens (primary N) is 1. The van der Waals surface area contributed by atoms with Crippen LogP contribution in [0.1, 0.15) is 5.69 Å². The van der Waals surface area contributed by atoms with Gasteiger partial charge < -0.3 is 5.73 Å². The highest BCUT2D eigenvalue weighted by atomic mass is 35.5. The molecule has 1 aromatic carbocycles. The highest BCUT2D eigenvalue weighted by Gasteiger charge is 2.04. The molecule has 0 aliphatic heterocycles. The lowest BCUT2D eigenvalue weighted by Gasteiger charge is -2.05. The Morgan fingerprint density at radius 3 is 2.81 bits per heavy atom. The molecule has 2 rings (SSSR count). The zero-order valence-corrected chi connectivity index (χ0v) is 10.3. The van der Waals surface area contributed by atoms with Crippen molar-refractivity contribution < 1.29 is 0 Å². The third kappa shape index (κ3) is 2.68. The van der Waals surface area contributed by atoms with E-state index in [0.717, 1.165) is 20.6 Å². The summed E-state index contributed by atoms with van der Waals surface area (Å²) in [6, 6.07) is 11.4. The minimum atomic E-state index is 0.690. The van der Waals surface area contributed by atoms with Gasteiger partial charge in [0.2, 0.25) is 0 Å². The van der Waals surface area contributed by atoms with Crippen molar-refractivity contribution in [3.05, 3.63) is 47.1 Å². The predicted molar refractivity (Wildman–Crippen MR) is 69.0 cm³/mol. The topological polar surface area (TPSA) is 38.9 Å². The van der Waals surface area contributed by atoms with E-state index < -0.39 is 0 Å². The summed E-state index contributed by atoms with van der Waals surface area (Å²) in [5, 5.41) is 1.54. The molecule has 4 heteroatoms. The summed E-state index contributed by atoms with van der Waals surface area (Å²) in [4.78, 5) is 5.43. The summed E-state index contributed by atoms with van der Waals surface area (Å²) in [6.07, 6.45) is 0. The Labute approximate surface area is 104 Å². The molecule has 0 saturated heterocycles. The van der Waals surface area contributed by atoms with Gasteiger partial charge in [-0.05, 0) is 37.3 Å². The molecule has 0 aliphatic rings. The van der Waals surface area contributed by atoms with Crippen molar-refractivity contribution >= 4 is 29.1 Å². The Balaban J connectivity index is 2.30. The standard InChI is InChI=1S/C12H11ClN2S/c1-8-5-6-11(14)12(15-8)16-10-4-2-3-9(13)7-10/h2-7H,14H2,1H3. The molecular weight excluding hydrogens is 240 g/mol. The van der Waals surface area contributed by atoms with Crippen LogP contribution in [0.15, 0.2) is 46.3 Å². The summed E-state index contributed by atoms with van der Waals surface area (Å²) < 4.78 is 0. The number of nitrogen functional groups attached to an aromatic ring is 1. The molecule has 0 amide bonds. The van der Waals surface area contributed by atoms with Gasteiger partial charge in [-0.15, -0.1) is 0 Å². The first kappa shape index (κ1) is 11.3. The van der Waals surface area contributed by atoms with Gasteiger partial charge in [-0.3, -0.25) is 0 Å². The van der Waals surface area contributed by atoms with E-state index in [1.165, 1.54) is 11.8 Å². The van der Waals surface area contributed by atoms with Crippen LogP contribution in [0.5, 0.6) is 0 Å². The molecule has 0 spiro atoms. The maximum absolute atomic E-state index is 5.92. The normalized spacial score (nSPS) is 10.4. The van der Waals surface area contributed by atoms with Crippen LogP contribution in [0.4, 0.5) is 5.69 Å². The molecule has 0 fully saturated rings. The maximum atomic E-state index is 5.92. The SMILES string of the molecule is Cc1ccc(N)c(Sc2cccc(Cl)c2)n1. The van der Waals surface area contributed by atoms with Crippen molar-refractivity contribution in [2.45, 2.75) is 16.8 Å². The first-order chi connectivity index (χ1) is 7.65. The molecule has 0 unspecified atom stereocenters. The van der Waals surface area contributed by atoms with Crippen molar-refractivity contribution in [3.8, 4) is 0 Å². The van der Waals surface area contributed by atoms with Crippen molar-refractivity contribution in [1.29, 1.82) is 0 Å². The molecule has 0 saturated carbocycles. The van der Waals surface area contributed by atoms with Gasteiger partial charge in [0.15, 0.2) is 0 Å². The highest BCUT2D eigenvalue weighted by molar-refractivity contribution is 7.99. The third-order valence-electron chi connectivity index (χ3n) is 2.04. The average molecular weight is 251 g/mol. The fourth-order valence-corrected chi connectivity index (χ4v) is 2.45. The van der Waals surface area contributed by atoms with E-state index in [1.54, 1.807) is 0 Å². The van der Waals surface area contributed by atoms with E-state index in [9.17, 15) is 0 Å². The quantitative estimate of drug-likeness (QED) is 0.882. The van der Waals surface area contributed by atoms with Gasteiger partial charge in [0.05, 0.1) is 5.69 Å². The second-order valence-electron chi connectivity index (χ2n) is 3.41. The smallest absolute Gasteiger partial charge is 0.124 e. The second kappa shape index (κ2) is 4.76. The van der Waals surface area contributed by atoms with Crippen LogP contribution in [-0.2, 0) is 0 Å². The largest absolute Gasteiger partial charge is 0.397 e. The Morgan fingerprint density at radius 1 is 1.25 bits per heavy atom. The molecule has 2 nitrogen and oxygen atoms in total. The minimum absolute atomic E-state index is 0.690.